The molecule has 0 fully saturated rings. The molecule has 3 aromatic rings. The van der Waals surface area contributed by atoms with Crippen molar-refractivity contribution in [1.29, 1.82) is 0 Å². The summed E-state index contributed by atoms with van der Waals surface area (Å²) in [6, 6.07) is 12.4. The number of anilines is 1. The molecule has 0 unspecified atom stereocenters. The van der Waals surface area contributed by atoms with Gasteiger partial charge in [-0.3, -0.25) is 4.79 Å². The van der Waals surface area contributed by atoms with Crippen LogP contribution in [0.15, 0.2) is 57.9 Å². The Morgan fingerprint density at radius 1 is 1.14 bits per heavy atom. The number of hydrogen-bond donors (Lipinski definition) is 1. The Morgan fingerprint density at radius 2 is 1.89 bits per heavy atom. The van der Waals surface area contributed by atoms with Gasteiger partial charge in [-0.25, -0.2) is 12.8 Å². The van der Waals surface area contributed by atoms with Crippen molar-refractivity contribution in [2.24, 2.45) is 0 Å². The SMILES string of the molecule is Cc1cc(-c2ccc(C)c(S(=O)(=O)CCC(=O)Nc3ccccc3F)c2)on1. The molecular weight excluding hydrogens is 383 g/mol. The van der Waals surface area contributed by atoms with Crippen LogP contribution in [0, 0.1) is 19.7 Å². The Bertz CT molecular complexity index is 1120. The first-order valence-electron chi connectivity index (χ1n) is 8.58. The molecule has 1 heterocycles. The Morgan fingerprint density at radius 3 is 2.57 bits per heavy atom. The van der Waals surface area contributed by atoms with Crippen molar-refractivity contribution in [2.75, 3.05) is 11.1 Å². The molecule has 0 spiro atoms. The van der Waals surface area contributed by atoms with Crippen molar-refractivity contribution in [1.82, 2.24) is 5.16 Å². The topological polar surface area (TPSA) is 89.3 Å². The fourth-order valence-electron chi connectivity index (χ4n) is 2.70. The number of aryl methyl sites for hydroxylation is 2. The lowest BCUT2D eigenvalue weighted by molar-refractivity contribution is -0.115. The van der Waals surface area contributed by atoms with Crippen molar-refractivity contribution in [3.8, 4) is 11.3 Å². The predicted molar refractivity (Wildman–Crippen MR) is 103 cm³/mol. The fraction of sp³-hybridized carbons (Fsp3) is 0.200. The van der Waals surface area contributed by atoms with E-state index in [4.69, 9.17) is 4.52 Å². The third-order valence-corrected chi connectivity index (χ3v) is 6.03. The van der Waals surface area contributed by atoms with Crippen LogP contribution >= 0.6 is 0 Å². The van der Waals surface area contributed by atoms with Gasteiger partial charge in [0.15, 0.2) is 15.6 Å². The molecule has 8 heteroatoms. The minimum Gasteiger partial charge on any atom is -0.356 e. The molecule has 3 rings (SSSR count). The molecule has 0 atom stereocenters. The zero-order valence-electron chi connectivity index (χ0n) is 15.4. The van der Waals surface area contributed by atoms with Gasteiger partial charge < -0.3 is 9.84 Å². The molecule has 28 heavy (non-hydrogen) atoms. The number of aromatic nitrogens is 1. The summed E-state index contributed by atoms with van der Waals surface area (Å²) in [5, 5.41) is 6.19. The summed E-state index contributed by atoms with van der Waals surface area (Å²) in [7, 11) is -3.73. The lowest BCUT2D eigenvalue weighted by Gasteiger charge is -2.10. The first kappa shape index (κ1) is 19.8. The first-order valence-corrected chi connectivity index (χ1v) is 10.2. The van der Waals surface area contributed by atoms with Crippen LogP contribution in [-0.2, 0) is 14.6 Å². The molecule has 1 aromatic heterocycles. The van der Waals surface area contributed by atoms with Crippen molar-refractivity contribution < 1.29 is 22.1 Å². The summed E-state index contributed by atoms with van der Waals surface area (Å²) >= 11 is 0. The number of sulfone groups is 1. The lowest BCUT2D eigenvalue weighted by Crippen LogP contribution is -2.18. The molecule has 0 saturated carbocycles. The smallest absolute Gasteiger partial charge is 0.225 e. The van der Waals surface area contributed by atoms with E-state index in [1.54, 1.807) is 38.1 Å². The number of amides is 1. The van der Waals surface area contributed by atoms with Gasteiger partial charge in [0, 0.05) is 18.1 Å². The number of carbonyl (C=O) groups excluding carboxylic acids is 1. The molecule has 0 bridgehead atoms. The first-order chi connectivity index (χ1) is 13.3. The average Bonchev–Trinajstić information content (AvgIpc) is 3.09. The number of nitrogens with zero attached hydrogens (tertiary/aromatic N) is 1. The summed E-state index contributed by atoms with van der Waals surface area (Å²) in [5.74, 6) is -1.09. The van der Waals surface area contributed by atoms with E-state index in [9.17, 15) is 17.6 Å². The van der Waals surface area contributed by atoms with Gasteiger partial charge in [-0.1, -0.05) is 29.4 Å². The number of carbonyl (C=O) groups is 1. The molecule has 1 amide bonds. The van der Waals surface area contributed by atoms with Crippen LogP contribution in [0.5, 0.6) is 0 Å². The van der Waals surface area contributed by atoms with Gasteiger partial charge in [0.2, 0.25) is 5.91 Å². The van der Waals surface area contributed by atoms with Crippen LogP contribution < -0.4 is 5.32 Å². The fourth-order valence-corrected chi connectivity index (χ4v) is 4.24. The van der Waals surface area contributed by atoms with E-state index in [0.29, 0.717) is 22.6 Å². The van der Waals surface area contributed by atoms with Gasteiger partial charge in [-0.15, -0.1) is 0 Å². The number of hydrogen-bond acceptors (Lipinski definition) is 5. The highest BCUT2D eigenvalue weighted by atomic mass is 32.2. The van der Waals surface area contributed by atoms with E-state index < -0.39 is 27.3 Å². The van der Waals surface area contributed by atoms with Crippen LogP contribution in [0.25, 0.3) is 11.3 Å². The highest BCUT2D eigenvalue weighted by Gasteiger charge is 2.20. The molecule has 2 aromatic carbocycles. The summed E-state index contributed by atoms with van der Waals surface area (Å²) in [5.41, 5.74) is 1.85. The molecule has 0 saturated heterocycles. The van der Waals surface area contributed by atoms with Gasteiger partial charge >= 0.3 is 0 Å². The molecule has 0 aliphatic carbocycles. The average molecular weight is 402 g/mol. The largest absolute Gasteiger partial charge is 0.356 e. The van der Waals surface area contributed by atoms with Crippen molar-refractivity contribution in [3.05, 3.63) is 65.6 Å². The molecule has 0 aliphatic heterocycles. The number of nitrogens with one attached hydrogen (secondary N) is 1. The lowest BCUT2D eigenvalue weighted by atomic mass is 10.1. The van der Waals surface area contributed by atoms with Crippen LogP contribution in [-0.4, -0.2) is 25.2 Å². The zero-order valence-corrected chi connectivity index (χ0v) is 16.2. The minimum absolute atomic E-state index is 0.0174. The highest BCUT2D eigenvalue weighted by molar-refractivity contribution is 7.91. The normalized spacial score (nSPS) is 11.4. The number of benzene rings is 2. The third-order valence-electron chi connectivity index (χ3n) is 4.18. The quantitative estimate of drug-likeness (QED) is 0.675. The van der Waals surface area contributed by atoms with Crippen molar-refractivity contribution >= 4 is 21.4 Å². The maximum atomic E-state index is 13.6. The summed E-state index contributed by atoms with van der Waals surface area (Å²) in [6.45, 7) is 3.45. The van der Waals surface area contributed by atoms with E-state index in [1.165, 1.54) is 24.3 Å². The Balaban J connectivity index is 1.75. The van der Waals surface area contributed by atoms with E-state index in [1.807, 2.05) is 0 Å². The van der Waals surface area contributed by atoms with Crippen LogP contribution in [0.1, 0.15) is 17.7 Å². The second-order valence-corrected chi connectivity index (χ2v) is 8.49. The zero-order chi connectivity index (χ0) is 20.3. The third kappa shape index (κ3) is 4.45. The second-order valence-electron chi connectivity index (χ2n) is 6.41. The van der Waals surface area contributed by atoms with Crippen LogP contribution in [0.4, 0.5) is 10.1 Å². The van der Waals surface area contributed by atoms with Gasteiger partial charge in [0.05, 0.1) is 22.0 Å². The predicted octanol–water partition coefficient (Wildman–Crippen LogP) is 3.90. The van der Waals surface area contributed by atoms with E-state index in [0.717, 1.165) is 0 Å². The monoisotopic (exact) mass is 402 g/mol. The maximum Gasteiger partial charge on any atom is 0.225 e. The van der Waals surface area contributed by atoms with Gasteiger partial charge in [0.1, 0.15) is 5.82 Å². The van der Waals surface area contributed by atoms with Crippen molar-refractivity contribution in [2.45, 2.75) is 25.2 Å². The van der Waals surface area contributed by atoms with Crippen LogP contribution in [0.3, 0.4) is 0 Å². The molecule has 146 valence electrons. The summed E-state index contributed by atoms with van der Waals surface area (Å²) < 4.78 is 44.3. The number of para-hydroxylation sites is 1. The maximum absolute atomic E-state index is 13.6. The standard InChI is InChI=1S/C20H19FN2O4S/c1-13-7-8-15(18-11-14(2)23-27-18)12-19(13)28(25,26)10-9-20(24)22-17-6-4-3-5-16(17)21/h3-8,11-12H,9-10H2,1-2H3,(H,22,24). The molecule has 0 radical (unpaired) electrons. The second kappa shape index (κ2) is 7.93. The Kier molecular flexibility index (Phi) is 5.60. The van der Waals surface area contributed by atoms with Crippen molar-refractivity contribution in [3.63, 3.8) is 0 Å². The van der Waals surface area contributed by atoms with Gasteiger partial charge in [0.25, 0.3) is 0 Å². The highest BCUT2D eigenvalue weighted by Crippen LogP contribution is 2.26. The summed E-state index contributed by atoms with van der Waals surface area (Å²) in [6.07, 6.45) is -0.290. The number of rotatable bonds is 6. The Labute approximate surface area is 162 Å². The molecule has 1 N–H and O–H groups in total. The van der Waals surface area contributed by atoms with E-state index in [2.05, 4.69) is 10.5 Å². The summed E-state index contributed by atoms with van der Waals surface area (Å²) in [4.78, 5) is 12.2. The van der Waals surface area contributed by atoms with E-state index >= 15 is 0 Å². The van der Waals surface area contributed by atoms with Gasteiger partial charge in [-0.05, 0) is 37.6 Å². The van der Waals surface area contributed by atoms with E-state index in [-0.39, 0.29) is 17.0 Å². The number of halogens is 1. The molecular formula is C20H19FN2O4S. The van der Waals surface area contributed by atoms with Crippen LogP contribution in [0.2, 0.25) is 0 Å². The molecule has 0 aliphatic rings. The Hall–Kier alpha value is -3.00. The minimum atomic E-state index is -3.73. The van der Waals surface area contributed by atoms with Gasteiger partial charge in [-0.2, -0.15) is 0 Å². The molecule has 6 nitrogen and oxygen atoms in total.